The molecule has 0 spiro atoms. The number of carbonyl (C=O) groups is 2. The molecule has 0 radical (unpaired) electrons. The predicted octanol–water partition coefficient (Wildman–Crippen LogP) is 3.33. The van der Waals surface area contributed by atoms with Crippen LogP contribution in [-0.2, 0) is 0 Å². The summed E-state index contributed by atoms with van der Waals surface area (Å²) >= 11 is 0. The van der Waals surface area contributed by atoms with E-state index in [0.29, 0.717) is 12.2 Å². The maximum absolute atomic E-state index is 12.7. The average Bonchev–Trinajstić information content (AvgIpc) is 2.60. The second-order valence-electron chi connectivity index (χ2n) is 6.96. The van der Waals surface area contributed by atoms with Crippen LogP contribution in [0.2, 0.25) is 0 Å². The second-order valence-corrected chi connectivity index (χ2v) is 6.96. The number of ether oxygens (including phenoxy) is 1. The largest absolute Gasteiger partial charge is 0.487 e. The molecule has 0 saturated carbocycles. The Labute approximate surface area is 154 Å². The third-order valence-electron chi connectivity index (χ3n) is 4.32. The molecule has 2 N–H and O–H groups in total. The fraction of sp³-hybridized carbons (Fsp3) is 0.263. The molecule has 1 aliphatic heterocycles. The van der Waals surface area contributed by atoms with Gasteiger partial charge in [0.1, 0.15) is 11.4 Å². The van der Waals surface area contributed by atoms with Crippen molar-refractivity contribution in [3.05, 3.63) is 69.3 Å². The third-order valence-corrected chi connectivity index (χ3v) is 4.32. The van der Waals surface area contributed by atoms with E-state index >= 15 is 0 Å². The van der Waals surface area contributed by atoms with Gasteiger partial charge in [0, 0.05) is 29.7 Å². The van der Waals surface area contributed by atoms with Crippen LogP contribution in [0.1, 0.15) is 52.6 Å². The Morgan fingerprint density at radius 1 is 1.22 bits per heavy atom. The number of rotatable bonds is 4. The molecule has 1 aliphatic rings. The molecule has 1 heterocycles. The molecule has 0 bridgehead atoms. The minimum Gasteiger partial charge on any atom is -0.487 e. The monoisotopic (exact) mass is 370 g/mol. The van der Waals surface area contributed by atoms with Crippen molar-refractivity contribution in [2.24, 2.45) is 0 Å². The van der Waals surface area contributed by atoms with Crippen LogP contribution in [0.4, 0.5) is 5.69 Å². The zero-order valence-electron chi connectivity index (χ0n) is 14.8. The number of fused-ring (bicyclic) bond motifs is 1. The molecule has 140 valence electrons. The van der Waals surface area contributed by atoms with Crippen LogP contribution in [0, 0.1) is 10.1 Å². The summed E-state index contributed by atoms with van der Waals surface area (Å²) in [7, 11) is 0. The van der Waals surface area contributed by atoms with Crippen LogP contribution in [0.15, 0.2) is 42.5 Å². The van der Waals surface area contributed by atoms with Gasteiger partial charge in [-0.3, -0.25) is 14.9 Å². The number of carbonyl (C=O) groups excluding carboxylic acids is 1. The first-order valence-corrected chi connectivity index (χ1v) is 8.28. The van der Waals surface area contributed by atoms with Gasteiger partial charge < -0.3 is 15.2 Å². The van der Waals surface area contributed by atoms with Gasteiger partial charge in [0.05, 0.1) is 16.5 Å². The average molecular weight is 370 g/mol. The fourth-order valence-electron chi connectivity index (χ4n) is 3.14. The van der Waals surface area contributed by atoms with E-state index in [1.54, 1.807) is 0 Å². The maximum atomic E-state index is 12.7. The molecule has 0 aromatic heterocycles. The molecule has 27 heavy (non-hydrogen) atoms. The molecule has 1 atom stereocenters. The molecule has 8 nitrogen and oxygen atoms in total. The number of hydrogen-bond donors (Lipinski definition) is 2. The summed E-state index contributed by atoms with van der Waals surface area (Å²) in [6.45, 7) is 3.80. The summed E-state index contributed by atoms with van der Waals surface area (Å²) in [6.07, 6.45) is 0.496. The van der Waals surface area contributed by atoms with E-state index in [-0.39, 0.29) is 17.2 Å². The van der Waals surface area contributed by atoms with Gasteiger partial charge in [0.15, 0.2) is 0 Å². The summed E-state index contributed by atoms with van der Waals surface area (Å²) in [5, 5.41) is 23.0. The summed E-state index contributed by atoms with van der Waals surface area (Å²) in [5.41, 5.74) is -0.562. The third kappa shape index (κ3) is 3.89. The maximum Gasteiger partial charge on any atom is 0.335 e. The molecule has 2 aromatic rings. The first-order valence-electron chi connectivity index (χ1n) is 8.28. The number of carboxylic acids is 1. The van der Waals surface area contributed by atoms with Crippen molar-refractivity contribution in [1.82, 2.24) is 5.32 Å². The van der Waals surface area contributed by atoms with Gasteiger partial charge in [0.25, 0.3) is 11.6 Å². The first-order chi connectivity index (χ1) is 12.7. The van der Waals surface area contributed by atoms with Crippen LogP contribution in [0.25, 0.3) is 0 Å². The molecule has 0 fully saturated rings. The minimum absolute atomic E-state index is 0.0802. The highest BCUT2D eigenvalue weighted by atomic mass is 16.6. The van der Waals surface area contributed by atoms with Gasteiger partial charge >= 0.3 is 5.97 Å². The Kier molecular flexibility index (Phi) is 4.57. The highest BCUT2D eigenvalue weighted by Crippen LogP contribution is 2.39. The lowest BCUT2D eigenvalue weighted by atomic mass is 9.89. The molecule has 2 aromatic carbocycles. The molecule has 3 rings (SSSR count). The number of non-ortho nitro benzene ring substituents is 1. The standard InChI is InChI=1S/C19H18N2O6/c1-19(2)10-15(14-5-3-4-6-16(14)27-19)20-17(22)11-7-12(18(23)24)9-13(8-11)21(25)26/h3-9,15H,10H2,1-2H3,(H,20,22)(H,23,24). The summed E-state index contributed by atoms with van der Waals surface area (Å²) in [5.74, 6) is -1.27. The zero-order valence-corrected chi connectivity index (χ0v) is 14.8. The molecule has 1 unspecified atom stereocenters. The fourth-order valence-corrected chi connectivity index (χ4v) is 3.14. The second kappa shape index (κ2) is 6.71. The molecular weight excluding hydrogens is 352 g/mol. The van der Waals surface area contributed by atoms with E-state index in [0.717, 1.165) is 23.8 Å². The Morgan fingerprint density at radius 3 is 2.56 bits per heavy atom. The van der Waals surface area contributed by atoms with Crippen molar-refractivity contribution >= 4 is 17.6 Å². The van der Waals surface area contributed by atoms with Crippen LogP contribution >= 0.6 is 0 Å². The van der Waals surface area contributed by atoms with E-state index in [2.05, 4.69) is 5.32 Å². The van der Waals surface area contributed by atoms with E-state index in [1.165, 1.54) is 0 Å². The number of aromatic carboxylic acids is 1. The van der Waals surface area contributed by atoms with E-state index < -0.39 is 28.1 Å². The molecule has 8 heteroatoms. The minimum atomic E-state index is -1.34. The Hall–Kier alpha value is -3.42. The lowest BCUT2D eigenvalue weighted by Crippen LogP contribution is -2.41. The van der Waals surface area contributed by atoms with Crippen LogP contribution < -0.4 is 10.1 Å². The number of amides is 1. The zero-order chi connectivity index (χ0) is 19.8. The SMILES string of the molecule is CC1(C)CC(NC(=O)c2cc(C(=O)O)cc([N+](=O)[O-])c2)c2ccccc2O1. The van der Waals surface area contributed by atoms with E-state index in [1.807, 2.05) is 38.1 Å². The van der Waals surface area contributed by atoms with Crippen molar-refractivity contribution in [2.75, 3.05) is 0 Å². The van der Waals surface area contributed by atoms with Crippen molar-refractivity contribution < 1.29 is 24.4 Å². The van der Waals surface area contributed by atoms with Gasteiger partial charge in [-0.15, -0.1) is 0 Å². The van der Waals surface area contributed by atoms with Crippen LogP contribution in [0.3, 0.4) is 0 Å². The Morgan fingerprint density at radius 2 is 1.89 bits per heavy atom. The van der Waals surface area contributed by atoms with Crippen molar-refractivity contribution in [3.8, 4) is 5.75 Å². The smallest absolute Gasteiger partial charge is 0.335 e. The number of para-hydroxylation sites is 1. The highest BCUT2D eigenvalue weighted by molar-refractivity contribution is 5.98. The van der Waals surface area contributed by atoms with Crippen molar-refractivity contribution in [2.45, 2.75) is 31.9 Å². The molecule has 0 saturated heterocycles. The summed E-state index contributed by atoms with van der Waals surface area (Å²) in [4.78, 5) is 34.3. The van der Waals surface area contributed by atoms with E-state index in [9.17, 15) is 19.7 Å². The number of nitrogens with one attached hydrogen (secondary N) is 1. The lowest BCUT2D eigenvalue weighted by molar-refractivity contribution is -0.384. The number of benzene rings is 2. The normalized spacial score (nSPS) is 17.3. The van der Waals surface area contributed by atoms with E-state index in [4.69, 9.17) is 9.84 Å². The predicted molar refractivity (Wildman–Crippen MR) is 96.0 cm³/mol. The number of nitro benzene ring substituents is 1. The van der Waals surface area contributed by atoms with Crippen LogP contribution in [0.5, 0.6) is 5.75 Å². The Balaban J connectivity index is 1.94. The molecule has 0 aliphatic carbocycles. The number of nitrogens with zero attached hydrogens (tertiary/aromatic N) is 1. The number of nitro groups is 1. The molecule has 1 amide bonds. The van der Waals surface area contributed by atoms with Crippen LogP contribution in [-0.4, -0.2) is 27.5 Å². The first kappa shape index (κ1) is 18.4. The number of hydrogen-bond acceptors (Lipinski definition) is 5. The van der Waals surface area contributed by atoms with Crippen molar-refractivity contribution in [1.29, 1.82) is 0 Å². The van der Waals surface area contributed by atoms with Crippen molar-refractivity contribution in [3.63, 3.8) is 0 Å². The van der Waals surface area contributed by atoms with Gasteiger partial charge in [-0.2, -0.15) is 0 Å². The van der Waals surface area contributed by atoms with Gasteiger partial charge in [-0.05, 0) is 26.0 Å². The lowest BCUT2D eigenvalue weighted by Gasteiger charge is -2.37. The van der Waals surface area contributed by atoms with Gasteiger partial charge in [-0.25, -0.2) is 4.79 Å². The summed E-state index contributed by atoms with van der Waals surface area (Å²) in [6, 6.07) is 10.1. The quantitative estimate of drug-likeness (QED) is 0.629. The number of carboxylic acid groups (broad SMARTS) is 1. The topological polar surface area (TPSA) is 119 Å². The van der Waals surface area contributed by atoms with Gasteiger partial charge in [-0.1, -0.05) is 18.2 Å². The van der Waals surface area contributed by atoms with Gasteiger partial charge in [0.2, 0.25) is 0 Å². The summed E-state index contributed by atoms with van der Waals surface area (Å²) < 4.78 is 5.92. The Bertz CT molecular complexity index is 905. The highest BCUT2D eigenvalue weighted by Gasteiger charge is 2.34. The molecular formula is C19H18N2O6.